The van der Waals surface area contributed by atoms with Crippen LogP contribution in [-0.2, 0) is 5.41 Å². The summed E-state index contributed by atoms with van der Waals surface area (Å²) in [6.07, 6.45) is 0. The topological polar surface area (TPSA) is 0 Å². The van der Waals surface area contributed by atoms with E-state index in [2.05, 4.69) is 97.0 Å². The number of hydrogen-bond donors (Lipinski definition) is 0. The molecular weight excluding hydrogens is 300 g/mol. The Morgan fingerprint density at radius 1 is 0.600 bits per heavy atom. The van der Waals surface area contributed by atoms with E-state index in [1.165, 1.54) is 16.7 Å². The van der Waals surface area contributed by atoms with Crippen LogP contribution in [0, 0.1) is 0 Å². The lowest BCUT2D eigenvalue weighted by Crippen LogP contribution is -2.10. The van der Waals surface area contributed by atoms with E-state index in [1.807, 2.05) is 19.9 Å². The van der Waals surface area contributed by atoms with Crippen molar-refractivity contribution in [1.29, 1.82) is 0 Å². The third-order valence-electron chi connectivity index (χ3n) is 3.91. The minimum absolute atomic E-state index is 0. The van der Waals surface area contributed by atoms with E-state index in [-0.39, 0.29) is 12.8 Å². The summed E-state index contributed by atoms with van der Waals surface area (Å²) in [5.41, 5.74) is 4.53. The van der Waals surface area contributed by atoms with Crippen LogP contribution in [0.3, 0.4) is 0 Å². The molecule has 0 aliphatic rings. The Morgan fingerprint density at radius 3 is 1.24 bits per heavy atom. The summed E-state index contributed by atoms with van der Waals surface area (Å²) in [4.78, 5) is 0. The van der Waals surface area contributed by atoms with Crippen LogP contribution in [0.15, 0.2) is 54.6 Å². The summed E-state index contributed by atoms with van der Waals surface area (Å²) in [5, 5.41) is 0. The van der Waals surface area contributed by atoms with Crippen molar-refractivity contribution in [3.63, 3.8) is 0 Å². The van der Waals surface area contributed by atoms with Crippen LogP contribution >= 0.6 is 0 Å². The third kappa shape index (κ3) is 10.1. The molecule has 25 heavy (non-hydrogen) atoms. The van der Waals surface area contributed by atoms with Crippen molar-refractivity contribution in [2.75, 3.05) is 0 Å². The molecule has 0 unspecified atom stereocenters. The molecule has 0 heterocycles. The van der Waals surface area contributed by atoms with Gasteiger partial charge in [0.1, 0.15) is 0 Å². The van der Waals surface area contributed by atoms with Gasteiger partial charge in [-0.25, -0.2) is 0 Å². The summed E-state index contributed by atoms with van der Waals surface area (Å²) in [6, 6.07) is 19.5. The molecule has 0 spiro atoms. The summed E-state index contributed by atoms with van der Waals surface area (Å²) in [5.74, 6) is 1.29. The summed E-state index contributed by atoms with van der Waals surface area (Å²) in [7, 11) is 0. The first-order valence-electron chi connectivity index (χ1n) is 9.37. The van der Waals surface area contributed by atoms with Gasteiger partial charge in [0.05, 0.1) is 0 Å². The number of hydrogen-bond acceptors (Lipinski definition) is 0. The first-order valence-corrected chi connectivity index (χ1v) is 9.37. The fourth-order valence-electron chi connectivity index (χ4n) is 2.21. The molecule has 0 heteroatoms. The Labute approximate surface area is 158 Å². The van der Waals surface area contributed by atoms with Gasteiger partial charge >= 0.3 is 0 Å². The normalized spacial score (nSPS) is 10.2. The second-order valence-electron chi connectivity index (χ2n) is 7.59. The highest BCUT2D eigenvalue weighted by atomic mass is 14.2. The number of benzene rings is 2. The molecule has 0 N–H and O–H groups in total. The Bertz CT molecular complexity index is 525. The Hall–Kier alpha value is -1.56. The lowest BCUT2D eigenvalue weighted by Gasteiger charge is -2.19. The molecule has 2 aromatic rings. The number of rotatable bonds is 2. The van der Waals surface area contributed by atoms with Gasteiger partial charge in [-0.05, 0) is 33.9 Å². The fraction of sp³-hybridized carbons (Fsp3) is 0.520. The van der Waals surface area contributed by atoms with E-state index >= 15 is 0 Å². The second kappa shape index (κ2) is 12.8. The van der Waals surface area contributed by atoms with Crippen LogP contribution in [0.4, 0.5) is 0 Å². The molecule has 0 aliphatic heterocycles. The Kier molecular flexibility index (Phi) is 13.1. The average molecular weight is 343 g/mol. The van der Waals surface area contributed by atoms with Gasteiger partial charge in [0.2, 0.25) is 0 Å². The molecule has 0 amide bonds. The maximum absolute atomic E-state index is 2.25. The van der Waals surface area contributed by atoms with Crippen molar-refractivity contribution >= 4 is 0 Å². The van der Waals surface area contributed by atoms with Crippen molar-refractivity contribution in [3.05, 3.63) is 71.3 Å². The zero-order chi connectivity index (χ0) is 18.8. The van der Waals surface area contributed by atoms with Gasteiger partial charge in [0.15, 0.2) is 0 Å². The van der Waals surface area contributed by atoms with Gasteiger partial charge in [0, 0.05) is 0 Å². The van der Waals surface area contributed by atoms with Gasteiger partial charge in [-0.1, -0.05) is 124 Å². The molecule has 0 aliphatic carbocycles. The second-order valence-corrected chi connectivity index (χ2v) is 7.59. The molecule has 0 saturated carbocycles. The van der Waals surface area contributed by atoms with E-state index in [0.717, 1.165) is 0 Å². The average Bonchev–Trinajstić information content (AvgIpc) is 2.57. The smallest absolute Gasteiger partial charge is 0.0132 e. The van der Waals surface area contributed by atoms with Crippen molar-refractivity contribution < 1.29 is 0 Å². The molecule has 0 radical (unpaired) electrons. The summed E-state index contributed by atoms with van der Waals surface area (Å²) >= 11 is 0. The molecule has 2 aromatic carbocycles. The fourth-order valence-corrected chi connectivity index (χ4v) is 2.21. The van der Waals surface area contributed by atoms with E-state index in [1.54, 1.807) is 0 Å². The van der Waals surface area contributed by atoms with Crippen LogP contribution in [0.5, 0.6) is 0 Å². The standard InChI is InChI=1S/C13H20.C9H12.C2H6.CH4/c1-10(2)11-6-8-12(9-7-11)13(3,4)5;1-8(2)9-6-4-3-5-7-9;1-2;/h6-10H,1-5H3;3-8H,1-2H3;1-2H3;1H4. The van der Waals surface area contributed by atoms with Crippen LogP contribution in [0.1, 0.15) is 98.3 Å². The van der Waals surface area contributed by atoms with E-state index in [9.17, 15) is 0 Å². The maximum Gasteiger partial charge on any atom is -0.0132 e. The van der Waals surface area contributed by atoms with Crippen LogP contribution in [0.2, 0.25) is 0 Å². The molecule has 2 rings (SSSR count). The van der Waals surface area contributed by atoms with Gasteiger partial charge < -0.3 is 0 Å². The van der Waals surface area contributed by atoms with Crippen molar-refractivity contribution in [2.24, 2.45) is 0 Å². The monoisotopic (exact) mass is 342 g/mol. The summed E-state index contributed by atoms with van der Waals surface area (Å²) < 4.78 is 0. The highest BCUT2D eigenvalue weighted by Crippen LogP contribution is 2.24. The zero-order valence-corrected chi connectivity index (χ0v) is 17.4. The SMILES string of the molecule is C.CC.CC(C)c1ccc(C(C)(C)C)cc1.CC(C)c1ccccc1. The van der Waals surface area contributed by atoms with Gasteiger partial charge in [-0.3, -0.25) is 0 Å². The maximum atomic E-state index is 2.25. The lowest BCUT2D eigenvalue weighted by molar-refractivity contribution is 0.589. The molecule has 0 aromatic heterocycles. The quantitative estimate of drug-likeness (QED) is 0.512. The zero-order valence-electron chi connectivity index (χ0n) is 17.4. The first-order chi connectivity index (χ1) is 11.2. The largest absolute Gasteiger partial charge is 0.0776 e. The molecule has 0 atom stereocenters. The molecule has 142 valence electrons. The van der Waals surface area contributed by atoms with E-state index < -0.39 is 0 Å². The van der Waals surface area contributed by atoms with Crippen LogP contribution < -0.4 is 0 Å². The molecule has 0 nitrogen and oxygen atoms in total. The molecule has 0 bridgehead atoms. The first kappa shape index (κ1) is 25.7. The van der Waals surface area contributed by atoms with Crippen molar-refractivity contribution in [3.8, 4) is 0 Å². The minimum atomic E-state index is 0. The van der Waals surface area contributed by atoms with Crippen molar-refractivity contribution in [1.82, 2.24) is 0 Å². The Balaban J connectivity index is 0. The van der Waals surface area contributed by atoms with Crippen molar-refractivity contribution in [2.45, 2.75) is 87.0 Å². The van der Waals surface area contributed by atoms with Gasteiger partial charge in [0.25, 0.3) is 0 Å². The van der Waals surface area contributed by atoms with Crippen LogP contribution in [-0.4, -0.2) is 0 Å². The highest BCUT2D eigenvalue weighted by Gasteiger charge is 2.12. The van der Waals surface area contributed by atoms with E-state index in [0.29, 0.717) is 11.8 Å². The minimum Gasteiger partial charge on any atom is -0.0776 e. The molecular formula is C25H42. The predicted octanol–water partition coefficient (Wildman–Crippen LogP) is 8.58. The third-order valence-corrected chi connectivity index (χ3v) is 3.91. The van der Waals surface area contributed by atoms with E-state index in [4.69, 9.17) is 0 Å². The predicted molar refractivity (Wildman–Crippen MR) is 118 cm³/mol. The van der Waals surface area contributed by atoms with Crippen LogP contribution in [0.25, 0.3) is 0 Å². The highest BCUT2D eigenvalue weighted by molar-refractivity contribution is 5.28. The van der Waals surface area contributed by atoms with Gasteiger partial charge in [-0.2, -0.15) is 0 Å². The summed E-state index contributed by atoms with van der Waals surface area (Å²) in [6.45, 7) is 19.6. The van der Waals surface area contributed by atoms with Gasteiger partial charge in [-0.15, -0.1) is 0 Å². The Morgan fingerprint density at radius 2 is 0.960 bits per heavy atom. The lowest BCUT2D eigenvalue weighted by atomic mass is 9.86. The molecule has 0 saturated heterocycles. The molecule has 0 fully saturated rings.